The average molecular weight is 404 g/mol. The number of ether oxygens (including phenoxy) is 1. The number of halogens is 5. The summed E-state index contributed by atoms with van der Waals surface area (Å²) in [6.07, 6.45) is -5.09. The van der Waals surface area contributed by atoms with Gasteiger partial charge in [0.2, 0.25) is 0 Å². The van der Waals surface area contributed by atoms with Crippen molar-refractivity contribution in [3.63, 3.8) is 0 Å². The Morgan fingerprint density at radius 1 is 1.32 bits per heavy atom. The van der Waals surface area contributed by atoms with Crippen LogP contribution in [0.3, 0.4) is 0 Å². The highest BCUT2D eigenvalue weighted by atomic mass is 79.9. The Labute approximate surface area is 142 Å². The first-order valence-electron chi connectivity index (χ1n) is 6.75. The predicted molar refractivity (Wildman–Crippen MR) is 85.8 cm³/mol. The van der Waals surface area contributed by atoms with E-state index in [2.05, 4.69) is 21.2 Å². The van der Waals surface area contributed by atoms with Gasteiger partial charge in [0.25, 0.3) is 0 Å². The number of hydrogen-bond acceptors (Lipinski definition) is 3. The van der Waals surface area contributed by atoms with Gasteiger partial charge in [0.15, 0.2) is 0 Å². The van der Waals surface area contributed by atoms with Crippen molar-refractivity contribution in [3.05, 3.63) is 28.2 Å². The Bertz CT molecular complexity index is 482. The third-order valence-electron chi connectivity index (χ3n) is 3.57. The van der Waals surface area contributed by atoms with Crippen molar-refractivity contribution in [1.82, 2.24) is 10.2 Å². The summed E-state index contributed by atoms with van der Waals surface area (Å²) in [6.45, 7) is 2.59. The molecule has 1 saturated heterocycles. The molecule has 126 valence electrons. The van der Waals surface area contributed by atoms with Gasteiger partial charge in [-0.05, 0) is 18.2 Å². The first-order chi connectivity index (χ1) is 9.90. The number of benzene rings is 1. The van der Waals surface area contributed by atoms with Crippen LogP contribution >= 0.6 is 28.3 Å². The number of nitrogens with one attached hydrogen (secondary N) is 1. The molecule has 0 saturated carbocycles. The van der Waals surface area contributed by atoms with Gasteiger partial charge < -0.3 is 10.1 Å². The number of nitrogens with zero attached hydrogens (tertiary/aromatic N) is 1. The van der Waals surface area contributed by atoms with Crippen LogP contribution in [-0.2, 0) is 0 Å². The molecule has 0 aromatic heterocycles. The van der Waals surface area contributed by atoms with Crippen molar-refractivity contribution >= 4 is 28.3 Å². The first kappa shape index (κ1) is 19.5. The molecule has 1 heterocycles. The van der Waals surface area contributed by atoms with E-state index < -0.39 is 18.6 Å². The highest BCUT2D eigenvalue weighted by Gasteiger charge is 2.37. The first-order valence-corrected chi connectivity index (χ1v) is 7.55. The molecule has 0 bridgehead atoms. The van der Waals surface area contributed by atoms with Crippen LogP contribution in [0.5, 0.6) is 5.75 Å². The standard InChI is InChI=1S/C14H18BrF3N2O.ClH/c1-21-13-3-2-10(15)8-11(13)12(9-14(16,17)18)20-6-4-19-5-7-20;/h2-3,8,12,19H,4-7,9H2,1H3;1H/t12-;/m0./s1. The third kappa shape index (κ3) is 5.30. The summed E-state index contributed by atoms with van der Waals surface area (Å²) in [6, 6.07) is 4.46. The van der Waals surface area contributed by atoms with Crippen molar-refractivity contribution in [2.75, 3.05) is 33.3 Å². The summed E-state index contributed by atoms with van der Waals surface area (Å²) in [5, 5.41) is 3.16. The lowest BCUT2D eigenvalue weighted by molar-refractivity contribution is -0.148. The van der Waals surface area contributed by atoms with Gasteiger partial charge in [-0.3, -0.25) is 4.90 Å². The van der Waals surface area contributed by atoms with E-state index in [9.17, 15) is 13.2 Å². The summed E-state index contributed by atoms with van der Waals surface area (Å²) in [7, 11) is 1.48. The molecular formula is C14H19BrClF3N2O. The molecule has 8 heteroatoms. The molecule has 1 N–H and O–H groups in total. The third-order valence-corrected chi connectivity index (χ3v) is 4.06. The van der Waals surface area contributed by atoms with E-state index >= 15 is 0 Å². The Kier molecular flexibility index (Phi) is 7.45. The molecule has 0 unspecified atom stereocenters. The van der Waals surface area contributed by atoms with E-state index in [1.54, 1.807) is 18.2 Å². The fourth-order valence-corrected chi connectivity index (χ4v) is 2.99. The topological polar surface area (TPSA) is 24.5 Å². The number of alkyl halides is 3. The number of piperazine rings is 1. The molecule has 3 nitrogen and oxygen atoms in total. The molecule has 1 atom stereocenters. The minimum Gasteiger partial charge on any atom is -0.496 e. The maximum atomic E-state index is 13.0. The lowest BCUT2D eigenvalue weighted by Crippen LogP contribution is -2.46. The van der Waals surface area contributed by atoms with Gasteiger partial charge in [0.1, 0.15) is 5.75 Å². The molecule has 2 rings (SSSR count). The number of methoxy groups -OCH3 is 1. The quantitative estimate of drug-likeness (QED) is 0.828. The van der Waals surface area contributed by atoms with Crippen LogP contribution in [0.2, 0.25) is 0 Å². The number of hydrogen-bond donors (Lipinski definition) is 1. The fraction of sp³-hybridized carbons (Fsp3) is 0.571. The van der Waals surface area contributed by atoms with Crippen LogP contribution in [0.4, 0.5) is 13.2 Å². The summed E-state index contributed by atoms with van der Waals surface area (Å²) in [5.41, 5.74) is 0.575. The summed E-state index contributed by atoms with van der Waals surface area (Å²) < 4.78 is 45.0. The van der Waals surface area contributed by atoms with E-state index in [1.807, 2.05) is 4.90 Å². The normalized spacial score (nSPS) is 17.7. The second kappa shape index (κ2) is 8.38. The van der Waals surface area contributed by atoms with Crippen LogP contribution in [0.15, 0.2) is 22.7 Å². The monoisotopic (exact) mass is 402 g/mol. The molecule has 0 aliphatic carbocycles. The van der Waals surface area contributed by atoms with Crippen molar-refractivity contribution in [2.45, 2.75) is 18.6 Å². The van der Waals surface area contributed by atoms with E-state index in [-0.39, 0.29) is 12.4 Å². The highest BCUT2D eigenvalue weighted by molar-refractivity contribution is 9.10. The van der Waals surface area contributed by atoms with Crippen LogP contribution in [0.25, 0.3) is 0 Å². The van der Waals surface area contributed by atoms with Crippen molar-refractivity contribution in [2.24, 2.45) is 0 Å². The fourth-order valence-electron chi connectivity index (χ4n) is 2.61. The zero-order valence-corrected chi connectivity index (χ0v) is 14.5. The summed E-state index contributed by atoms with van der Waals surface area (Å²) >= 11 is 3.33. The Morgan fingerprint density at radius 3 is 2.50 bits per heavy atom. The van der Waals surface area contributed by atoms with Gasteiger partial charge in [0, 0.05) is 42.3 Å². The Morgan fingerprint density at radius 2 is 1.95 bits per heavy atom. The lowest BCUT2D eigenvalue weighted by atomic mass is 9.99. The second-order valence-corrected chi connectivity index (χ2v) is 5.92. The summed E-state index contributed by atoms with van der Waals surface area (Å²) in [5.74, 6) is 0.492. The number of rotatable bonds is 4. The molecule has 0 amide bonds. The largest absolute Gasteiger partial charge is 0.496 e. The van der Waals surface area contributed by atoms with Crippen LogP contribution < -0.4 is 10.1 Å². The van der Waals surface area contributed by atoms with Crippen molar-refractivity contribution in [1.29, 1.82) is 0 Å². The van der Waals surface area contributed by atoms with E-state index in [1.165, 1.54) is 7.11 Å². The van der Waals surface area contributed by atoms with Gasteiger partial charge in [-0.2, -0.15) is 13.2 Å². The molecule has 0 spiro atoms. The minimum atomic E-state index is -4.22. The minimum absolute atomic E-state index is 0. The van der Waals surface area contributed by atoms with Crippen LogP contribution in [0, 0.1) is 0 Å². The van der Waals surface area contributed by atoms with E-state index in [0.717, 1.165) is 4.47 Å². The maximum Gasteiger partial charge on any atom is 0.390 e. The molecule has 1 fully saturated rings. The van der Waals surface area contributed by atoms with Gasteiger partial charge in [0.05, 0.1) is 13.5 Å². The maximum absolute atomic E-state index is 13.0. The SMILES string of the molecule is COc1ccc(Br)cc1[C@H](CC(F)(F)F)N1CCNCC1.Cl. The van der Waals surface area contributed by atoms with Crippen molar-refractivity contribution < 1.29 is 17.9 Å². The molecule has 1 aromatic carbocycles. The van der Waals surface area contributed by atoms with Crippen LogP contribution in [0.1, 0.15) is 18.0 Å². The Balaban J connectivity index is 0.00000242. The molecule has 0 radical (unpaired) electrons. The van der Waals surface area contributed by atoms with Gasteiger partial charge in [-0.15, -0.1) is 12.4 Å². The van der Waals surface area contributed by atoms with Gasteiger partial charge >= 0.3 is 6.18 Å². The molecular weight excluding hydrogens is 385 g/mol. The molecule has 1 aromatic rings. The average Bonchev–Trinajstić information content (AvgIpc) is 2.45. The zero-order chi connectivity index (χ0) is 15.5. The van der Waals surface area contributed by atoms with Crippen LogP contribution in [-0.4, -0.2) is 44.4 Å². The highest BCUT2D eigenvalue weighted by Crippen LogP contribution is 2.39. The van der Waals surface area contributed by atoms with E-state index in [4.69, 9.17) is 4.74 Å². The molecule has 1 aliphatic rings. The summed E-state index contributed by atoms with van der Waals surface area (Å²) in [4.78, 5) is 1.87. The zero-order valence-electron chi connectivity index (χ0n) is 12.1. The lowest BCUT2D eigenvalue weighted by Gasteiger charge is -2.36. The van der Waals surface area contributed by atoms with Crippen molar-refractivity contribution in [3.8, 4) is 5.75 Å². The van der Waals surface area contributed by atoms with E-state index in [0.29, 0.717) is 37.5 Å². The smallest absolute Gasteiger partial charge is 0.390 e. The Hall–Kier alpha value is -0.500. The molecule has 1 aliphatic heterocycles. The predicted octanol–water partition coefficient (Wildman–Crippen LogP) is 3.78. The van der Waals surface area contributed by atoms with Gasteiger partial charge in [-0.25, -0.2) is 0 Å². The van der Waals surface area contributed by atoms with Gasteiger partial charge in [-0.1, -0.05) is 15.9 Å². The molecule has 22 heavy (non-hydrogen) atoms. The second-order valence-electron chi connectivity index (χ2n) is 5.01.